The lowest BCUT2D eigenvalue weighted by Gasteiger charge is -2.35. The van der Waals surface area contributed by atoms with Gasteiger partial charge < -0.3 is 14.4 Å². The highest BCUT2D eigenvalue weighted by Crippen LogP contribution is 2.32. The van der Waals surface area contributed by atoms with Gasteiger partial charge in [0.05, 0.1) is 24.8 Å². The number of aliphatic hydroxyl groups is 1. The van der Waals surface area contributed by atoms with Gasteiger partial charge in [0.25, 0.3) is 0 Å². The molecule has 1 aromatic rings. The Balaban J connectivity index is 1.45. The maximum atomic E-state index is 12.3. The second kappa shape index (κ2) is 6.20. The first-order valence-electron chi connectivity index (χ1n) is 7.90. The molecule has 1 saturated heterocycles. The van der Waals surface area contributed by atoms with Gasteiger partial charge in [-0.3, -0.25) is 9.69 Å². The van der Waals surface area contributed by atoms with Gasteiger partial charge in [0, 0.05) is 26.2 Å². The molecule has 2 aliphatic rings. The zero-order valence-electron chi connectivity index (χ0n) is 12.5. The number of amides is 1. The number of piperazine rings is 1. The summed E-state index contributed by atoms with van der Waals surface area (Å²) in [5, 5.41) is 10.3. The normalized spacial score (nSPS) is 22.6. The average molecular weight is 292 g/mol. The van der Waals surface area contributed by atoms with Crippen LogP contribution in [0.5, 0.6) is 0 Å². The Bertz CT molecular complexity index is 458. The summed E-state index contributed by atoms with van der Waals surface area (Å²) in [6, 6.07) is 3.88. The van der Waals surface area contributed by atoms with E-state index in [0.717, 1.165) is 64.2 Å². The summed E-state index contributed by atoms with van der Waals surface area (Å²) in [4.78, 5) is 16.5. The molecular weight excluding hydrogens is 268 g/mol. The Morgan fingerprint density at radius 2 is 1.95 bits per heavy atom. The van der Waals surface area contributed by atoms with Crippen molar-refractivity contribution in [3.63, 3.8) is 0 Å². The molecule has 1 N–H and O–H groups in total. The average Bonchev–Trinajstić information content (AvgIpc) is 3.11. The SMILES string of the molecule is O=C(CC1(O)CCCC1)N1CCN(Cc2ccco2)CC1. The van der Waals surface area contributed by atoms with Crippen molar-refractivity contribution in [2.45, 2.75) is 44.2 Å². The Labute approximate surface area is 125 Å². The van der Waals surface area contributed by atoms with Crippen LogP contribution in [-0.4, -0.2) is 52.6 Å². The molecule has 5 heteroatoms. The van der Waals surface area contributed by atoms with Crippen molar-refractivity contribution in [2.24, 2.45) is 0 Å². The molecule has 1 saturated carbocycles. The van der Waals surface area contributed by atoms with Gasteiger partial charge in [-0.15, -0.1) is 0 Å². The second-order valence-electron chi connectivity index (χ2n) is 6.34. The minimum Gasteiger partial charge on any atom is -0.468 e. The Morgan fingerprint density at radius 1 is 1.24 bits per heavy atom. The van der Waals surface area contributed by atoms with Crippen LogP contribution in [0.1, 0.15) is 37.9 Å². The van der Waals surface area contributed by atoms with E-state index in [1.54, 1.807) is 6.26 Å². The largest absolute Gasteiger partial charge is 0.468 e. The third-order valence-corrected chi connectivity index (χ3v) is 4.70. The van der Waals surface area contributed by atoms with Gasteiger partial charge >= 0.3 is 0 Å². The van der Waals surface area contributed by atoms with Crippen LogP contribution in [0.15, 0.2) is 22.8 Å². The molecule has 1 aliphatic heterocycles. The lowest BCUT2D eigenvalue weighted by molar-refractivity contribution is -0.138. The molecule has 0 aromatic carbocycles. The van der Waals surface area contributed by atoms with Crippen LogP contribution in [0.25, 0.3) is 0 Å². The van der Waals surface area contributed by atoms with Gasteiger partial charge in [0.1, 0.15) is 5.76 Å². The summed E-state index contributed by atoms with van der Waals surface area (Å²) in [6.07, 6.45) is 5.62. The van der Waals surface area contributed by atoms with Crippen molar-refractivity contribution in [1.82, 2.24) is 9.80 Å². The molecule has 0 atom stereocenters. The van der Waals surface area contributed by atoms with Crippen LogP contribution in [0.4, 0.5) is 0 Å². The number of hydrogen-bond donors (Lipinski definition) is 1. The topological polar surface area (TPSA) is 56.9 Å². The summed E-state index contributed by atoms with van der Waals surface area (Å²) < 4.78 is 5.36. The lowest BCUT2D eigenvalue weighted by atomic mass is 9.97. The highest BCUT2D eigenvalue weighted by atomic mass is 16.3. The van der Waals surface area contributed by atoms with Crippen LogP contribution in [0.3, 0.4) is 0 Å². The van der Waals surface area contributed by atoms with Crippen molar-refractivity contribution in [3.8, 4) is 0 Å². The van der Waals surface area contributed by atoms with Gasteiger partial charge in [-0.1, -0.05) is 12.8 Å². The van der Waals surface area contributed by atoms with E-state index in [1.807, 2.05) is 17.0 Å². The number of furan rings is 1. The summed E-state index contributed by atoms with van der Waals surface area (Å²) in [6.45, 7) is 4.03. The number of carbonyl (C=O) groups is 1. The molecule has 21 heavy (non-hydrogen) atoms. The van der Waals surface area contributed by atoms with Crippen LogP contribution < -0.4 is 0 Å². The van der Waals surface area contributed by atoms with Crippen LogP contribution in [-0.2, 0) is 11.3 Å². The number of nitrogens with zero attached hydrogens (tertiary/aromatic N) is 2. The molecular formula is C16H24N2O3. The molecule has 0 bridgehead atoms. The third kappa shape index (κ3) is 3.66. The number of hydrogen-bond acceptors (Lipinski definition) is 4. The second-order valence-corrected chi connectivity index (χ2v) is 6.34. The van der Waals surface area contributed by atoms with E-state index in [9.17, 15) is 9.90 Å². The monoisotopic (exact) mass is 292 g/mol. The van der Waals surface area contributed by atoms with Crippen molar-refractivity contribution < 1.29 is 14.3 Å². The molecule has 3 rings (SSSR count). The van der Waals surface area contributed by atoms with E-state index in [-0.39, 0.29) is 5.91 Å². The van der Waals surface area contributed by atoms with Gasteiger partial charge in [-0.25, -0.2) is 0 Å². The summed E-state index contributed by atoms with van der Waals surface area (Å²) in [5.41, 5.74) is -0.734. The molecule has 0 radical (unpaired) electrons. The van der Waals surface area contributed by atoms with Crippen molar-refractivity contribution in [2.75, 3.05) is 26.2 Å². The van der Waals surface area contributed by atoms with Gasteiger partial charge in [-0.2, -0.15) is 0 Å². The van der Waals surface area contributed by atoms with Crippen molar-refractivity contribution >= 4 is 5.91 Å². The number of rotatable bonds is 4. The Kier molecular flexibility index (Phi) is 4.31. The molecule has 1 aliphatic carbocycles. The molecule has 5 nitrogen and oxygen atoms in total. The fourth-order valence-corrected chi connectivity index (χ4v) is 3.38. The summed E-state index contributed by atoms with van der Waals surface area (Å²) >= 11 is 0. The minimum absolute atomic E-state index is 0.108. The molecule has 1 aromatic heterocycles. The standard InChI is InChI=1S/C16H24N2O3/c19-15(12-16(20)5-1-2-6-16)18-9-7-17(8-10-18)13-14-4-3-11-21-14/h3-4,11,20H,1-2,5-10,12-13H2. The highest BCUT2D eigenvalue weighted by molar-refractivity contribution is 5.77. The van der Waals surface area contributed by atoms with E-state index < -0.39 is 5.60 Å². The van der Waals surface area contributed by atoms with Crippen molar-refractivity contribution in [1.29, 1.82) is 0 Å². The van der Waals surface area contributed by atoms with E-state index in [2.05, 4.69) is 4.90 Å². The van der Waals surface area contributed by atoms with E-state index in [1.165, 1.54) is 0 Å². The Morgan fingerprint density at radius 3 is 2.57 bits per heavy atom. The van der Waals surface area contributed by atoms with E-state index >= 15 is 0 Å². The predicted octanol–water partition coefficient (Wildman–Crippen LogP) is 1.62. The molecule has 116 valence electrons. The molecule has 1 amide bonds. The number of carbonyl (C=O) groups excluding carboxylic acids is 1. The zero-order valence-corrected chi connectivity index (χ0v) is 12.5. The zero-order chi connectivity index (χ0) is 14.7. The van der Waals surface area contributed by atoms with E-state index in [4.69, 9.17) is 4.42 Å². The third-order valence-electron chi connectivity index (χ3n) is 4.70. The van der Waals surface area contributed by atoms with Crippen molar-refractivity contribution in [3.05, 3.63) is 24.2 Å². The first kappa shape index (κ1) is 14.6. The van der Waals surface area contributed by atoms with Gasteiger partial charge in [0.15, 0.2) is 0 Å². The fourth-order valence-electron chi connectivity index (χ4n) is 3.38. The predicted molar refractivity (Wildman–Crippen MR) is 78.6 cm³/mol. The first-order valence-corrected chi connectivity index (χ1v) is 7.90. The maximum Gasteiger partial charge on any atom is 0.225 e. The van der Waals surface area contributed by atoms with E-state index in [0.29, 0.717) is 6.42 Å². The minimum atomic E-state index is -0.734. The molecule has 2 fully saturated rings. The lowest BCUT2D eigenvalue weighted by Crippen LogP contribution is -2.49. The quantitative estimate of drug-likeness (QED) is 0.916. The summed E-state index contributed by atoms with van der Waals surface area (Å²) in [5.74, 6) is 1.08. The van der Waals surface area contributed by atoms with Crippen LogP contribution in [0, 0.1) is 0 Å². The van der Waals surface area contributed by atoms with Crippen LogP contribution >= 0.6 is 0 Å². The molecule has 0 spiro atoms. The highest BCUT2D eigenvalue weighted by Gasteiger charge is 2.35. The van der Waals surface area contributed by atoms with Gasteiger partial charge in [0.2, 0.25) is 5.91 Å². The molecule has 2 heterocycles. The summed E-state index contributed by atoms with van der Waals surface area (Å²) in [7, 11) is 0. The Hall–Kier alpha value is -1.33. The molecule has 0 unspecified atom stereocenters. The maximum absolute atomic E-state index is 12.3. The fraction of sp³-hybridized carbons (Fsp3) is 0.688. The smallest absolute Gasteiger partial charge is 0.225 e. The first-order chi connectivity index (χ1) is 10.1. The van der Waals surface area contributed by atoms with Gasteiger partial charge in [-0.05, 0) is 25.0 Å². The van der Waals surface area contributed by atoms with Crippen LogP contribution in [0.2, 0.25) is 0 Å².